The fraction of sp³-hybridized carbons (Fsp3) is 0.545. The maximum atomic E-state index is 8.56. The lowest BCUT2D eigenvalue weighted by Crippen LogP contribution is -2.36. The Morgan fingerprint density at radius 1 is 1.53 bits per heavy atom. The standard InChI is InChI=1S/C11H16N2O2/c1-11(2,14-3)8-13-7-10-5-4-9(6-12)15-10/h4-5,13H,7-8H2,1-3H3. The Labute approximate surface area is 89.8 Å². The maximum absolute atomic E-state index is 8.56. The van der Waals surface area contributed by atoms with E-state index in [4.69, 9.17) is 14.4 Å². The zero-order chi connectivity index (χ0) is 11.3. The first-order valence-electron chi connectivity index (χ1n) is 4.82. The van der Waals surface area contributed by atoms with Crippen LogP contribution in [0.1, 0.15) is 25.4 Å². The number of nitrogens with one attached hydrogen (secondary N) is 1. The molecule has 1 aromatic heterocycles. The summed E-state index contributed by atoms with van der Waals surface area (Å²) in [7, 11) is 1.68. The molecule has 4 nitrogen and oxygen atoms in total. The Kier molecular flexibility index (Phi) is 3.89. The van der Waals surface area contributed by atoms with Crippen molar-refractivity contribution < 1.29 is 9.15 Å². The molecule has 15 heavy (non-hydrogen) atoms. The first-order valence-corrected chi connectivity index (χ1v) is 4.82. The number of ether oxygens (including phenoxy) is 1. The summed E-state index contributed by atoms with van der Waals surface area (Å²) >= 11 is 0. The van der Waals surface area contributed by atoms with Gasteiger partial charge in [0, 0.05) is 13.7 Å². The highest BCUT2D eigenvalue weighted by Crippen LogP contribution is 2.08. The van der Waals surface area contributed by atoms with E-state index in [1.165, 1.54) is 0 Å². The van der Waals surface area contributed by atoms with Gasteiger partial charge in [-0.1, -0.05) is 0 Å². The average Bonchev–Trinajstić information content (AvgIpc) is 2.66. The Bertz CT molecular complexity index is 350. The van der Waals surface area contributed by atoms with E-state index in [2.05, 4.69) is 5.32 Å². The largest absolute Gasteiger partial charge is 0.449 e. The third kappa shape index (κ3) is 3.74. The van der Waals surface area contributed by atoms with Crippen molar-refractivity contribution in [3.8, 4) is 6.07 Å². The summed E-state index contributed by atoms with van der Waals surface area (Å²) in [6, 6.07) is 5.41. The summed E-state index contributed by atoms with van der Waals surface area (Å²) in [6.07, 6.45) is 0. The summed E-state index contributed by atoms with van der Waals surface area (Å²) in [4.78, 5) is 0. The number of nitrogens with zero attached hydrogens (tertiary/aromatic N) is 1. The van der Waals surface area contributed by atoms with Crippen molar-refractivity contribution in [3.63, 3.8) is 0 Å². The fourth-order valence-corrected chi connectivity index (χ4v) is 1.09. The van der Waals surface area contributed by atoms with E-state index < -0.39 is 0 Å². The quantitative estimate of drug-likeness (QED) is 0.799. The lowest BCUT2D eigenvalue weighted by atomic mass is 10.1. The molecule has 1 rings (SSSR count). The lowest BCUT2D eigenvalue weighted by Gasteiger charge is -2.22. The first-order chi connectivity index (χ1) is 7.07. The van der Waals surface area contributed by atoms with Gasteiger partial charge in [-0.2, -0.15) is 5.26 Å². The van der Waals surface area contributed by atoms with Gasteiger partial charge in [-0.3, -0.25) is 0 Å². The van der Waals surface area contributed by atoms with Gasteiger partial charge in [-0.05, 0) is 26.0 Å². The molecule has 0 saturated carbocycles. The molecule has 0 radical (unpaired) electrons. The van der Waals surface area contributed by atoms with E-state index in [-0.39, 0.29) is 5.60 Å². The van der Waals surface area contributed by atoms with Crippen molar-refractivity contribution in [3.05, 3.63) is 23.7 Å². The minimum atomic E-state index is -0.190. The van der Waals surface area contributed by atoms with Crippen LogP contribution in [0.15, 0.2) is 16.5 Å². The molecule has 0 aliphatic carbocycles. The number of nitriles is 1. The predicted octanol–water partition coefficient (Wildman–Crippen LogP) is 1.67. The minimum absolute atomic E-state index is 0.190. The SMILES string of the molecule is COC(C)(C)CNCc1ccc(C#N)o1. The van der Waals surface area contributed by atoms with Crippen molar-refractivity contribution >= 4 is 0 Å². The lowest BCUT2D eigenvalue weighted by molar-refractivity contribution is 0.0227. The molecule has 1 N–H and O–H groups in total. The fourth-order valence-electron chi connectivity index (χ4n) is 1.09. The molecule has 0 amide bonds. The van der Waals surface area contributed by atoms with E-state index in [0.717, 1.165) is 12.3 Å². The number of furan rings is 1. The second-order valence-electron chi connectivity index (χ2n) is 3.95. The summed E-state index contributed by atoms with van der Waals surface area (Å²) in [5.41, 5.74) is -0.190. The second-order valence-corrected chi connectivity index (χ2v) is 3.95. The number of methoxy groups -OCH3 is 1. The first kappa shape index (κ1) is 11.8. The van der Waals surface area contributed by atoms with Gasteiger partial charge in [0.25, 0.3) is 0 Å². The highest BCUT2D eigenvalue weighted by molar-refractivity contribution is 5.18. The van der Waals surface area contributed by atoms with Gasteiger partial charge in [-0.25, -0.2) is 0 Å². The molecule has 4 heteroatoms. The van der Waals surface area contributed by atoms with Crippen molar-refractivity contribution in [1.29, 1.82) is 5.26 Å². The zero-order valence-electron chi connectivity index (χ0n) is 9.33. The molecule has 0 fully saturated rings. The summed E-state index contributed by atoms with van der Waals surface area (Å²) in [5, 5.41) is 11.8. The van der Waals surface area contributed by atoms with Crippen LogP contribution >= 0.6 is 0 Å². The van der Waals surface area contributed by atoms with Crippen LogP contribution in [0.2, 0.25) is 0 Å². The normalized spacial score (nSPS) is 11.3. The Morgan fingerprint density at radius 3 is 2.80 bits per heavy atom. The van der Waals surface area contributed by atoms with Crippen LogP contribution in [0.25, 0.3) is 0 Å². The van der Waals surface area contributed by atoms with Crippen LogP contribution < -0.4 is 5.32 Å². The van der Waals surface area contributed by atoms with Gasteiger partial charge in [0.2, 0.25) is 5.76 Å². The van der Waals surface area contributed by atoms with Crippen LogP contribution in [0, 0.1) is 11.3 Å². The number of rotatable bonds is 5. The van der Waals surface area contributed by atoms with Gasteiger partial charge < -0.3 is 14.5 Å². The smallest absolute Gasteiger partial charge is 0.203 e. The molecule has 0 aromatic carbocycles. The maximum Gasteiger partial charge on any atom is 0.203 e. The predicted molar refractivity (Wildman–Crippen MR) is 56.2 cm³/mol. The van der Waals surface area contributed by atoms with Gasteiger partial charge in [0.15, 0.2) is 0 Å². The Hall–Kier alpha value is -1.31. The number of hydrogen-bond acceptors (Lipinski definition) is 4. The van der Waals surface area contributed by atoms with E-state index in [1.54, 1.807) is 19.2 Å². The van der Waals surface area contributed by atoms with Gasteiger partial charge in [0.05, 0.1) is 12.1 Å². The number of hydrogen-bond donors (Lipinski definition) is 1. The monoisotopic (exact) mass is 208 g/mol. The van der Waals surface area contributed by atoms with E-state index in [0.29, 0.717) is 12.3 Å². The topological polar surface area (TPSA) is 58.2 Å². The van der Waals surface area contributed by atoms with E-state index in [1.807, 2.05) is 19.9 Å². The molecule has 0 atom stereocenters. The van der Waals surface area contributed by atoms with Crippen molar-refractivity contribution in [1.82, 2.24) is 5.32 Å². The van der Waals surface area contributed by atoms with E-state index >= 15 is 0 Å². The molecular weight excluding hydrogens is 192 g/mol. The van der Waals surface area contributed by atoms with Gasteiger partial charge in [0.1, 0.15) is 11.8 Å². The molecule has 82 valence electrons. The van der Waals surface area contributed by atoms with Gasteiger partial charge in [-0.15, -0.1) is 0 Å². The van der Waals surface area contributed by atoms with Crippen molar-refractivity contribution in [2.75, 3.05) is 13.7 Å². The van der Waals surface area contributed by atoms with Crippen molar-refractivity contribution in [2.45, 2.75) is 26.0 Å². The third-order valence-corrected chi connectivity index (χ3v) is 2.17. The minimum Gasteiger partial charge on any atom is -0.449 e. The molecule has 0 unspecified atom stereocenters. The molecule has 1 heterocycles. The van der Waals surface area contributed by atoms with Crippen LogP contribution in [-0.4, -0.2) is 19.3 Å². The van der Waals surface area contributed by atoms with Crippen LogP contribution in [0.4, 0.5) is 0 Å². The molecular formula is C11H16N2O2. The van der Waals surface area contributed by atoms with E-state index in [9.17, 15) is 0 Å². The third-order valence-electron chi connectivity index (χ3n) is 2.17. The Morgan fingerprint density at radius 2 is 2.27 bits per heavy atom. The molecule has 0 aliphatic heterocycles. The summed E-state index contributed by atoms with van der Waals surface area (Å²) < 4.78 is 10.5. The summed E-state index contributed by atoms with van der Waals surface area (Å²) in [5.74, 6) is 1.11. The van der Waals surface area contributed by atoms with Crippen molar-refractivity contribution in [2.24, 2.45) is 0 Å². The molecule has 0 spiro atoms. The Balaban J connectivity index is 2.35. The second kappa shape index (κ2) is 4.96. The van der Waals surface area contributed by atoms with Crippen LogP contribution in [-0.2, 0) is 11.3 Å². The van der Waals surface area contributed by atoms with Gasteiger partial charge >= 0.3 is 0 Å². The molecule has 0 aliphatic rings. The van der Waals surface area contributed by atoms with Crippen LogP contribution in [0.5, 0.6) is 0 Å². The highest BCUT2D eigenvalue weighted by Gasteiger charge is 2.15. The zero-order valence-corrected chi connectivity index (χ0v) is 9.33. The van der Waals surface area contributed by atoms with Crippen LogP contribution in [0.3, 0.4) is 0 Å². The highest BCUT2D eigenvalue weighted by atomic mass is 16.5. The molecule has 0 bridgehead atoms. The molecule has 1 aromatic rings. The molecule has 0 saturated heterocycles. The average molecular weight is 208 g/mol. The summed E-state index contributed by atoms with van der Waals surface area (Å²) in [6.45, 7) is 5.34.